The van der Waals surface area contributed by atoms with Gasteiger partial charge in [0.1, 0.15) is 19.3 Å². The monoisotopic (exact) mass is 1360 g/mol. The predicted octanol–water partition coefficient (Wildman–Crippen LogP) is 21.0. The van der Waals surface area contributed by atoms with E-state index in [-0.39, 0.29) is 25.7 Å². The molecule has 0 bridgehead atoms. The molecule has 3 unspecified atom stereocenters. The van der Waals surface area contributed by atoms with E-state index in [1.54, 1.807) is 0 Å². The van der Waals surface area contributed by atoms with E-state index in [2.05, 4.69) is 72.8 Å². The second kappa shape index (κ2) is 64.2. The number of carbonyl (C=O) groups excluding carboxylic acids is 4. The highest BCUT2D eigenvalue weighted by atomic mass is 31.2. The van der Waals surface area contributed by atoms with Gasteiger partial charge in [-0.15, -0.1) is 0 Å². The summed E-state index contributed by atoms with van der Waals surface area (Å²) in [6, 6.07) is 0. The Morgan fingerprint density at radius 2 is 0.634 bits per heavy atom. The van der Waals surface area contributed by atoms with Crippen LogP contribution in [0.4, 0.5) is 0 Å². The van der Waals surface area contributed by atoms with Crippen molar-refractivity contribution in [3.05, 3.63) is 24.3 Å². The molecular weight excluding hydrogens is 1220 g/mol. The number of allylic oxidation sites excluding steroid dienone is 4. The quantitative estimate of drug-likeness (QED) is 0.0169. The molecule has 0 saturated heterocycles. The molecule has 548 valence electrons. The standard InChI is InChI=1S/C74H140O17P2/c1-8-10-11-12-13-14-15-16-18-23-26-29-34-43-50-57-73(78)90-70(62-85-72(77)56-49-42-37-36-40-47-54-67(7)9-2)64-89-93(82,83)87-60-68(75)59-86-92(80,81)88-63-69(91-74(79)58-51-44-35-30-32-39-46-53-66(5)6)61-84-71(76)55-48-41-33-28-25-22-20-17-19-21-24-27-31-38-45-52-65(3)4/h14-16,18,65-70,75H,8-13,17,19-64H2,1-7H3,(H,80,81)(H,82,83)/b15-14-,18-16-/t67?,68-,69-,70-/m1/s1. The summed E-state index contributed by atoms with van der Waals surface area (Å²) < 4.78 is 68.3. The molecule has 0 fully saturated rings. The van der Waals surface area contributed by atoms with Crippen molar-refractivity contribution < 1.29 is 80.2 Å². The van der Waals surface area contributed by atoms with Crippen molar-refractivity contribution in [3.8, 4) is 0 Å². The van der Waals surface area contributed by atoms with Gasteiger partial charge in [0.15, 0.2) is 12.2 Å². The Labute approximate surface area is 567 Å². The van der Waals surface area contributed by atoms with E-state index < -0.39 is 97.5 Å². The molecule has 0 spiro atoms. The van der Waals surface area contributed by atoms with Crippen LogP contribution in [0, 0.1) is 17.8 Å². The van der Waals surface area contributed by atoms with Crippen LogP contribution in [0.2, 0.25) is 0 Å². The molecular formula is C74H140O17P2. The van der Waals surface area contributed by atoms with Gasteiger partial charge < -0.3 is 33.8 Å². The van der Waals surface area contributed by atoms with Crippen molar-refractivity contribution in [2.75, 3.05) is 39.6 Å². The summed E-state index contributed by atoms with van der Waals surface area (Å²) >= 11 is 0. The van der Waals surface area contributed by atoms with Crippen LogP contribution in [0.3, 0.4) is 0 Å². The number of esters is 4. The smallest absolute Gasteiger partial charge is 0.462 e. The summed E-state index contributed by atoms with van der Waals surface area (Å²) in [5, 5.41) is 10.6. The summed E-state index contributed by atoms with van der Waals surface area (Å²) in [7, 11) is -9.92. The van der Waals surface area contributed by atoms with Crippen LogP contribution in [0.15, 0.2) is 24.3 Å². The molecule has 0 aromatic heterocycles. The first kappa shape index (κ1) is 90.5. The number of ether oxygens (including phenoxy) is 4. The van der Waals surface area contributed by atoms with Crippen molar-refractivity contribution in [3.63, 3.8) is 0 Å². The van der Waals surface area contributed by atoms with Gasteiger partial charge in [-0.1, -0.05) is 297 Å². The van der Waals surface area contributed by atoms with Crippen LogP contribution in [-0.2, 0) is 65.4 Å². The summed E-state index contributed by atoms with van der Waals surface area (Å²) in [6.45, 7) is 11.7. The first-order chi connectivity index (χ1) is 44.8. The Balaban J connectivity index is 5.23. The molecule has 0 aromatic rings. The highest BCUT2D eigenvalue weighted by molar-refractivity contribution is 7.47. The fourth-order valence-corrected chi connectivity index (χ4v) is 12.3. The molecule has 17 nitrogen and oxygen atoms in total. The summed E-state index contributed by atoms with van der Waals surface area (Å²) in [5.41, 5.74) is 0. The second-order valence-corrected chi connectivity index (χ2v) is 30.1. The van der Waals surface area contributed by atoms with Crippen molar-refractivity contribution in [2.24, 2.45) is 17.8 Å². The van der Waals surface area contributed by atoms with Crippen LogP contribution in [0.1, 0.15) is 350 Å². The van der Waals surface area contributed by atoms with Gasteiger partial charge in [0, 0.05) is 25.7 Å². The average molecular weight is 1360 g/mol. The highest BCUT2D eigenvalue weighted by Crippen LogP contribution is 2.45. The lowest BCUT2D eigenvalue weighted by molar-refractivity contribution is -0.161. The van der Waals surface area contributed by atoms with E-state index in [9.17, 15) is 43.2 Å². The van der Waals surface area contributed by atoms with Gasteiger partial charge in [-0.05, 0) is 69.1 Å². The van der Waals surface area contributed by atoms with Crippen LogP contribution in [0.25, 0.3) is 0 Å². The van der Waals surface area contributed by atoms with E-state index in [4.69, 9.17) is 37.0 Å². The van der Waals surface area contributed by atoms with E-state index in [1.807, 2.05) is 0 Å². The number of aliphatic hydroxyl groups is 1. The average Bonchev–Trinajstić information content (AvgIpc) is 3.74. The zero-order valence-electron chi connectivity index (χ0n) is 60.2. The zero-order valence-corrected chi connectivity index (χ0v) is 62.0. The third kappa shape index (κ3) is 66.6. The van der Waals surface area contributed by atoms with Gasteiger partial charge in [-0.25, -0.2) is 9.13 Å². The van der Waals surface area contributed by atoms with Crippen molar-refractivity contribution >= 4 is 39.5 Å². The molecule has 0 aromatic carbocycles. The molecule has 0 rings (SSSR count). The molecule has 6 atom stereocenters. The van der Waals surface area contributed by atoms with E-state index in [1.165, 1.54) is 141 Å². The minimum absolute atomic E-state index is 0.0837. The fraction of sp³-hybridized carbons (Fsp3) is 0.892. The number of phosphoric acid groups is 2. The van der Waals surface area contributed by atoms with Crippen LogP contribution >= 0.6 is 15.6 Å². The molecule has 3 N–H and O–H groups in total. The molecule has 0 amide bonds. The largest absolute Gasteiger partial charge is 0.472 e. The molecule has 0 heterocycles. The zero-order chi connectivity index (χ0) is 68.7. The predicted molar refractivity (Wildman–Crippen MR) is 377 cm³/mol. The van der Waals surface area contributed by atoms with Gasteiger partial charge in [0.05, 0.1) is 26.4 Å². The van der Waals surface area contributed by atoms with Gasteiger partial charge in [0.25, 0.3) is 0 Å². The van der Waals surface area contributed by atoms with Gasteiger partial charge in [0.2, 0.25) is 0 Å². The summed E-state index contributed by atoms with van der Waals surface area (Å²) in [5.74, 6) is 0.0710. The van der Waals surface area contributed by atoms with E-state index in [0.717, 1.165) is 121 Å². The third-order valence-corrected chi connectivity index (χ3v) is 18.8. The molecule has 19 heteroatoms. The molecule has 93 heavy (non-hydrogen) atoms. The lowest BCUT2D eigenvalue weighted by Gasteiger charge is -2.21. The number of phosphoric ester groups is 2. The Kier molecular flexibility index (Phi) is 62.5. The number of aliphatic hydroxyl groups excluding tert-OH is 1. The number of carbonyl (C=O) groups is 4. The van der Waals surface area contributed by atoms with Crippen LogP contribution in [-0.4, -0.2) is 96.7 Å². The number of hydrogen-bond donors (Lipinski definition) is 3. The maximum atomic E-state index is 13.0. The lowest BCUT2D eigenvalue weighted by atomic mass is 10.00. The van der Waals surface area contributed by atoms with Gasteiger partial charge in [-0.3, -0.25) is 37.3 Å². The minimum atomic E-state index is -4.96. The maximum absolute atomic E-state index is 13.0. The van der Waals surface area contributed by atoms with Crippen LogP contribution in [0.5, 0.6) is 0 Å². The summed E-state index contributed by atoms with van der Waals surface area (Å²) in [6.07, 6.45) is 52.3. The molecule has 0 aliphatic rings. The normalized spacial score (nSPS) is 14.6. The maximum Gasteiger partial charge on any atom is 0.472 e. The second-order valence-electron chi connectivity index (χ2n) is 27.2. The molecule has 0 aliphatic carbocycles. The fourth-order valence-electron chi connectivity index (χ4n) is 10.7. The number of rotatable bonds is 70. The van der Waals surface area contributed by atoms with Gasteiger partial charge in [-0.2, -0.15) is 0 Å². The Hall–Kier alpha value is -2.46. The first-order valence-electron chi connectivity index (χ1n) is 37.7. The lowest BCUT2D eigenvalue weighted by Crippen LogP contribution is -2.30. The Bertz CT molecular complexity index is 1910. The Morgan fingerprint density at radius 1 is 0.355 bits per heavy atom. The SMILES string of the molecule is CCCCCC/C=C\C=C/CCCCCCCC(=O)O[C@H](COC(=O)CCCCCCCCC(C)CC)COP(=O)(O)OC[C@H](O)COP(=O)(O)OC[C@@H](COC(=O)CCCCCCCCCCCCCCCCCC(C)C)OC(=O)CCCCCCCCCC(C)C. The number of hydrogen-bond acceptors (Lipinski definition) is 15. The molecule has 0 aliphatic heterocycles. The van der Waals surface area contributed by atoms with Crippen molar-refractivity contribution in [1.82, 2.24) is 0 Å². The summed E-state index contributed by atoms with van der Waals surface area (Å²) in [4.78, 5) is 72.6. The van der Waals surface area contributed by atoms with Crippen LogP contribution < -0.4 is 0 Å². The van der Waals surface area contributed by atoms with E-state index in [0.29, 0.717) is 31.6 Å². The van der Waals surface area contributed by atoms with Crippen molar-refractivity contribution in [1.29, 1.82) is 0 Å². The Morgan fingerprint density at radius 3 is 0.957 bits per heavy atom. The van der Waals surface area contributed by atoms with E-state index >= 15 is 0 Å². The molecule has 0 radical (unpaired) electrons. The number of unbranched alkanes of at least 4 members (excludes halogenated alkanes) is 34. The highest BCUT2D eigenvalue weighted by Gasteiger charge is 2.30. The van der Waals surface area contributed by atoms with Gasteiger partial charge >= 0.3 is 39.5 Å². The topological polar surface area (TPSA) is 237 Å². The third-order valence-electron chi connectivity index (χ3n) is 16.9. The van der Waals surface area contributed by atoms with Crippen molar-refractivity contribution in [2.45, 2.75) is 369 Å². The first-order valence-corrected chi connectivity index (χ1v) is 40.7. The molecule has 0 saturated carbocycles. The minimum Gasteiger partial charge on any atom is -0.462 e.